The lowest BCUT2D eigenvalue weighted by atomic mass is 10.1. The van der Waals surface area contributed by atoms with Crippen LogP contribution in [0.15, 0.2) is 40.8 Å². The third kappa shape index (κ3) is 2.03. The highest BCUT2D eigenvalue weighted by Gasteiger charge is 2.15. The molecule has 3 rings (SSSR count). The van der Waals surface area contributed by atoms with Gasteiger partial charge in [-0.25, -0.2) is 4.98 Å². The van der Waals surface area contributed by atoms with Crippen LogP contribution >= 0.6 is 0 Å². The molecule has 0 spiro atoms. The van der Waals surface area contributed by atoms with Crippen molar-refractivity contribution in [2.24, 2.45) is 0 Å². The second kappa shape index (κ2) is 4.45. The van der Waals surface area contributed by atoms with Gasteiger partial charge in [0, 0.05) is 23.3 Å². The fourth-order valence-electron chi connectivity index (χ4n) is 2.11. The van der Waals surface area contributed by atoms with Crippen molar-refractivity contribution in [1.29, 1.82) is 0 Å². The standard InChI is InChI=1S/C15H12N2O3/c1-9-3-5-11(6-4-9)15-16-13-8-12(17(18)19)7-10(2)14(13)20-15/h3-8H,1-2H3. The van der Waals surface area contributed by atoms with Crippen molar-refractivity contribution in [1.82, 2.24) is 4.98 Å². The molecule has 0 aliphatic carbocycles. The molecule has 0 N–H and O–H groups in total. The largest absolute Gasteiger partial charge is 0.436 e. The van der Waals surface area contributed by atoms with Crippen molar-refractivity contribution in [2.75, 3.05) is 0 Å². The maximum Gasteiger partial charge on any atom is 0.272 e. The molecule has 0 saturated heterocycles. The second-order valence-electron chi connectivity index (χ2n) is 4.75. The van der Waals surface area contributed by atoms with Crippen LogP contribution < -0.4 is 0 Å². The molecule has 0 fully saturated rings. The van der Waals surface area contributed by atoms with Gasteiger partial charge in [0.15, 0.2) is 5.58 Å². The molecule has 0 aliphatic heterocycles. The SMILES string of the molecule is Cc1ccc(-c2nc3cc([N+](=O)[O-])cc(C)c3o2)cc1. The number of benzene rings is 2. The summed E-state index contributed by atoms with van der Waals surface area (Å²) in [7, 11) is 0. The summed E-state index contributed by atoms with van der Waals surface area (Å²) in [6.07, 6.45) is 0. The quantitative estimate of drug-likeness (QED) is 0.520. The van der Waals surface area contributed by atoms with E-state index in [2.05, 4.69) is 4.98 Å². The summed E-state index contributed by atoms with van der Waals surface area (Å²) in [4.78, 5) is 14.8. The van der Waals surface area contributed by atoms with Crippen molar-refractivity contribution in [3.05, 3.63) is 57.6 Å². The van der Waals surface area contributed by atoms with Crippen molar-refractivity contribution >= 4 is 16.8 Å². The van der Waals surface area contributed by atoms with Crippen LogP contribution in [0.2, 0.25) is 0 Å². The van der Waals surface area contributed by atoms with Crippen molar-refractivity contribution in [2.45, 2.75) is 13.8 Å². The normalized spacial score (nSPS) is 10.9. The van der Waals surface area contributed by atoms with E-state index in [1.165, 1.54) is 12.1 Å². The predicted octanol–water partition coefficient (Wildman–Crippen LogP) is 4.02. The minimum atomic E-state index is -0.424. The zero-order chi connectivity index (χ0) is 14.3. The summed E-state index contributed by atoms with van der Waals surface area (Å²) < 4.78 is 5.73. The number of hydrogen-bond acceptors (Lipinski definition) is 4. The van der Waals surface area contributed by atoms with E-state index in [4.69, 9.17) is 4.42 Å². The highest BCUT2D eigenvalue weighted by atomic mass is 16.6. The van der Waals surface area contributed by atoms with Gasteiger partial charge in [-0.05, 0) is 26.0 Å². The Bertz CT molecular complexity index is 804. The number of aryl methyl sites for hydroxylation is 2. The Balaban J connectivity index is 2.17. The molecular weight excluding hydrogens is 256 g/mol. The van der Waals surface area contributed by atoms with E-state index in [1.807, 2.05) is 31.2 Å². The molecular formula is C15H12N2O3. The first-order valence-corrected chi connectivity index (χ1v) is 6.17. The van der Waals surface area contributed by atoms with Crippen LogP contribution in [0.5, 0.6) is 0 Å². The van der Waals surface area contributed by atoms with E-state index in [1.54, 1.807) is 6.92 Å². The molecule has 0 saturated carbocycles. The lowest BCUT2D eigenvalue weighted by molar-refractivity contribution is -0.384. The molecule has 0 bridgehead atoms. The van der Waals surface area contributed by atoms with Gasteiger partial charge >= 0.3 is 0 Å². The van der Waals surface area contributed by atoms with Crippen LogP contribution in [-0.2, 0) is 0 Å². The molecule has 0 unspecified atom stereocenters. The zero-order valence-corrected chi connectivity index (χ0v) is 11.1. The van der Waals surface area contributed by atoms with Crippen LogP contribution in [0.4, 0.5) is 5.69 Å². The number of nitrogens with zero attached hydrogens (tertiary/aromatic N) is 2. The van der Waals surface area contributed by atoms with Gasteiger partial charge in [-0.15, -0.1) is 0 Å². The summed E-state index contributed by atoms with van der Waals surface area (Å²) in [6, 6.07) is 10.7. The van der Waals surface area contributed by atoms with Crippen molar-refractivity contribution in [3.8, 4) is 11.5 Å². The Hall–Kier alpha value is -2.69. The number of nitro groups is 1. The third-order valence-electron chi connectivity index (χ3n) is 3.17. The number of hydrogen-bond donors (Lipinski definition) is 0. The van der Waals surface area contributed by atoms with Crippen molar-refractivity contribution in [3.63, 3.8) is 0 Å². The lowest BCUT2D eigenvalue weighted by Gasteiger charge is -1.95. The fraction of sp³-hybridized carbons (Fsp3) is 0.133. The molecule has 5 nitrogen and oxygen atoms in total. The molecule has 1 heterocycles. The van der Waals surface area contributed by atoms with Gasteiger partial charge in [0.1, 0.15) is 5.52 Å². The van der Waals surface area contributed by atoms with E-state index in [-0.39, 0.29) is 5.69 Å². The summed E-state index contributed by atoms with van der Waals surface area (Å²) in [6.45, 7) is 3.78. The van der Waals surface area contributed by atoms with Crippen LogP contribution in [0, 0.1) is 24.0 Å². The average Bonchev–Trinajstić information content (AvgIpc) is 2.84. The Morgan fingerprint density at radius 2 is 1.85 bits per heavy atom. The molecule has 2 aromatic carbocycles. The Labute approximate surface area is 115 Å². The summed E-state index contributed by atoms with van der Waals surface area (Å²) in [5.41, 5.74) is 3.84. The molecule has 0 atom stereocenters. The zero-order valence-electron chi connectivity index (χ0n) is 11.1. The number of nitro benzene ring substituents is 1. The minimum Gasteiger partial charge on any atom is -0.436 e. The van der Waals surface area contributed by atoms with Gasteiger partial charge in [0.05, 0.1) is 4.92 Å². The average molecular weight is 268 g/mol. The summed E-state index contributed by atoms with van der Waals surface area (Å²) >= 11 is 0. The first-order valence-electron chi connectivity index (χ1n) is 6.17. The number of rotatable bonds is 2. The molecule has 3 aromatic rings. The molecule has 20 heavy (non-hydrogen) atoms. The summed E-state index contributed by atoms with van der Waals surface area (Å²) in [5.74, 6) is 0.476. The first kappa shape index (κ1) is 12.3. The highest BCUT2D eigenvalue weighted by molar-refractivity contribution is 5.81. The van der Waals surface area contributed by atoms with Gasteiger partial charge in [-0.1, -0.05) is 17.7 Å². The van der Waals surface area contributed by atoms with Gasteiger partial charge in [0.2, 0.25) is 5.89 Å². The van der Waals surface area contributed by atoms with E-state index in [0.29, 0.717) is 22.6 Å². The molecule has 1 aromatic heterocycles. The smallest absolute Gasteiger partial charge is 0.272 e. The monoisotopic (exact) mass is 268 g/mol. The van der Waals surface area contributed by atoms with Crippen molar-refractivity contribution < 1.29 is 9.34 Å². The van der Waals surface area contributed by atoms with Crippen LogP contribution in [0.1, 0.15) is 11.1 Å². The maximum absolute atomic E-state index is 10.9. The predicted molar refractivity (Wildman–Crippen MR) is 75.6 cm³/mol. The molecule has 0 radical (unpaired) electrons. The second-order valence-corrected chi connectivity index (χ2v) is 4.75. The number of fused-ring (bicyclic) bond motifs is 1. The van der Waals surface area contributed by atoms with Gasteiger partial charge in [-0.3, -0.25) is 10.1 Å². The van der Waals surface area contributed by atoms with E-state index >= 15 is 0 Å². The van der Waals surface area contributed by atoms with Gasteiger partial charge < -0.3 is 4.42 Å². The Morgan fingerprint density at radius 1 is 1.15 bits per heavy atom. The molecule has 100 valence electrons. The van der Waals surface area contributed by atoms with Gasteiger partial charge in [-0.2, -0.15) is 0 Å². The first-order chi connectivity index (χ1) is 9.54. The van der Waals surface area contributed by atoms with E-state index in [0.717, 1.165) is 11.1 Å². The molecule has 5 heteroatoms. The number of non-ortho nitro benzene ring substituents is 1. The van der Waals surface area contributed by atoms with Crippen LogP contribution in [0.3, 0.4) is 0 Å². The number of oxazole rings is 1. The lowest BCUT2D eigenvalue weighted by Crippen LogP contribution is -1.88. The minimum absolute atomic E-state index is 0.0266. The van der Waals surface area contributed by atoms with Gasteiger partial charge in [0.25, 0.3) is 5.69 Å². The maximum atomic E-state index is 10.9. The fourth-order valence-corrected chi connectivity index (χ4v) is 2.11. The molecule has 0 amide bonds. The molecule has 0 aliphatic rings. The topological polar surface area (TPSA) is 69.2 Å². The Morgan fingerprint density at radius 3 is 2.50 bits per heavy atom. The Kier molecular flexibility index (Phi) is 2.75. The summed E-state index contributed by atoms with van der Waals surface area (Å²) in [5, 5.41) is 10.9. The highest BCUT2D eigenvalue weighted by Crippen LogP contribution is 2.29. The van der Waals surface area contributed by atoms with E-state index in [9.17, 15) is 10.1 Å². The number of aromatic nitrogens is 1. The van der Waals surface area contributed by atoms with Crippen LogP contribution in [0.25, 0.3) is 22.6 Å². The van der Waals surface area contributed by atoms with Crippen LogP contribution in [-0.4, -0.2) is 9.91 Å². The van der Waals surface area contributed by atoms with E-state index < -0.39 is 4.92 Å². The third-order valence-corrected chi connectivity index (χ3v) is 3.17.